The Morgan fingerprint density at radius 2 is 1.84 bits per heavy atom. The summed E-state index contributed by atoms with van der Waals surface area (Å²) in [5.74, 6) is 0.514. The van der Waals surface area contributed by atoms with Crippen molar-refractivity contribution in [2.75, 3.05) is 38.4 Å². The number of hydrogen-bond donors (Lipinski definition) is 2. The van der Waals surface area contributed by atoms with E-state index in [-0.39, 0.29) is 10.7 Å². The van der Waals surface area contributed by atoms with Crippen molar-refractivity contribution >= 4 is 21.3 Å². The molecule has 0 radical (unpaired) electrons. The van der Waals surface area contributed by atoms with Crippen molar-refractivity contribution in [3.8, 4) is 5.75 Å². The van der Waals surface area contributed by atoms with Crippen molar-refractivity contribution < 1.29 is 22.7 Å². The number of nitrogens with one attached hydrogen (secondary N) is 2. The van der Waals surface area contributed by atoms with E-state index in [9.17, 15) is 13.2 Å². The second-order valence-electron chi connectivity index (χ2n) is 7.31. The van der Waals surface area contributed by atoms with Gasteiger partial charge < -0.3 is 14.8 Å². The summed E-state index contributed by atoms with van der Waals surface area (Å²) in [5, 5.41) is 10.0. The van der Waals surface area contributed by atoms with Crippen molar-refractivity contribution in [1.29, 1.82) is 0 Å². The summed E-state index contributed by atoms with van der Waals surface area (Å²) in [7, 11) is -1.92. The molecule has 0 spiro atoms. The van der Waals surface area contributed by atoms with Crippen molar-refractivity contribution in [2.45, 2.75) is 18.2 Å². The number of H-pyrrole nitrogens is 1. The van der Waals surface area contributed by atoms with Crippen molar-refractivity contribution in [3.63, 3.8) is 0 Å². The smallest absolute Gasteiger partial charge is 0.196 e. The predicted molar refractivity (Wildman–Crippen MR) is 122 cm³/mol. The van der Waals surface area contributed by atoms with Crippen LogP contribution in [-0.2, 0) is 21.0 Å². The van der Waals surface area contributed by atoms with Crippen LogP contribution in [0.3, 0.4) is 0 Å². The molecule has 9 heteroatoms. The third-order valence-electron chi connectivity index (χ3n) is 5.01. The van der Waals surface area contributed by atoms with Crippen LogP contribution in [0.4, 0.5) is 5.69 Å². The van der Waals surface area contributed by atoms with Crippen LogP contribution in [0.2, 0.25) is 0 Å². The second-order valence-corrected chi connectivity index (χ2v) is 9.29. The van der Waals surface area contributed by atoms with Gasteiger partial charge in [-0.3, -0.25) is 9.89 Å². The SMILES string of the molecule is COCCNc1c(S(C)(=O)=O)ccc(C(=O)c2cn[nH]c2CCOc2ccccc2)c1C. The molecule has 0 atom stereocenters. The third-order valence-corrected chi connectivity index (χ3v) is 6.14. The normalized spacial score (nSPS) is 11.3. The lowest BCUT2D eigenvalue weighted by atomic mass is 9.97. The Kier molecular flexibility index (Phi) is 7.66. The molecule has 0 aliphatic rings. The van der Waals surface area contributed by atoms with Crippen LogP contribution in [-0.4, -0.2) is 57.5 Å². The first-order valence-corrected chi connectivity index (χ1v) is 12.0. The lowest BCUT2D eigenvalue weighted by Crippen LogP contribution is -2.15. The molecule has 0 aliphatic carbocycles. The molecular weight excluding hydrogens is 430 g/mol. The average Bonchev–Trinajstić information content (AvgIpc) is 3.23. The number of anilines is 1. The van der Waals surface area contributed by atoms with Gasteiger partial charge in [0.15, 0.2) is 15.6 Å². The molecule has 0 aliphatic heterocycles. The highest BCUT2D eigenvalue weighted by atomic mass is 32.2. The van der Waals surface area contributed by atoms with Crippen molar-refractivity contribution in [1.82, 2.24) is 10.2 Å². The summed E-state index contributed by atoms with van der Waals surface area (Å²) in [6, 6.07) is 12.4. The number of ether oxygens (including phenoxy) is 2. The van der Waals surface area contributed by atoms with E-state index in [4.69, 9.17) is 9.47 Å². The van der Waals surface area contributed by atoms with Crippen LogP contribution in [0, 0.1) is 6.92 Å². The Balaban J connectivity index is 1.84. The molecule has 170 valence electrons. The van der Waals surface area contributed by atoms with E-state index >= 15 is 0 Å². The molecule has 1 heterocycles. The molecule has 8 nitrogen and oxygen atoms in total. The van der Waals surface area contributed by atoms with Gasteiger partial charge in [0.2, 0.25) is 0 Å². The highest BCUT2D eigenvalue weighted by Gasteiger charge is 2.23. The molecule has 0 saturated heterocycles. The molecule has 0 fully saturated rings. The number of carbonyl (C=O) groups is 1. The number of nitrogens with zero attached hydrogens (tertiary/aromatic N) is 1. The van der Waals surface area contributed by atoms with E-state index in [0.717, 1.165) is 12.0 Å². The number of rotatable bonds is 11. The van der Waals surface area contributed by atoms with E-state index in [2.05, 4.69) is 15.5 Å². The number of benzene rings is 2. The van der Waals surface area contributed by atoms with Crippen molar-refractivity contribution in [2.24, 2.45) is 0 Å². The van der Waals surface area contributed by atoms with Gasteiger partial charge in [-0.2, -0.15) is 5.10 Å². The monoisotopic (exact) mass is 457 g/mol. The number of carbonyl (C=O) groups excluding carboxylic acids is 1. The largest absolute Gasteiger partial charge is 0.493 e. The number of ketones is 1. The van der Waals surface area contributed by atoms with Gasteiger partial charge in [0.1, 0.15) is 5.75 Å². The van der Waals surface area contributed by atoms with Gasteiger partial charge in [-0.1, -0.05) is 18.2 Å². The summed E-state index contributed by atoms with van der Waals surface area (Å²) < 4.78 is 35.3. The van der Waals surface area contributed by atoms with Gasteiger partial charge in [-0.25, -0.2) is 8.42 Å². The van der Waals surface area contributed by atoms with E-state index in [1.165, 1.54) is 12.3 Å². The first-order valence-electron chi connectivity index (χ1n) is 10.1. The molecule has 0 amide bonds. The van der Waals surface area contributed by atoms with E-state index in [1.54, 1.807) is 20.1 Å². The van der Waals surface area contributed by atoms with E-state index < -0.39 is 9.84 Å². The lowest BCUT2D eigenvalue weighted by molar-refractivity contribution is 0.103. The summed E-state index contributed by atoms with van der Waals surface area (Å²) in [6.45, 7) is 2.91. The zero-order valence-electron chi connectivity index (χ0n) is 18.3. The predicted octanol–water partition coefficient (Wildman–Crippen LogP) is 3.03. The Labute approximate surface area is 187 Å². The Morgan fingerprint density at radius 3 is 2.53 bits per heavy atom. The highest BCUT2D eigenvalue weighted by Crippen LogP contribution is 2.30. The van der Waals surface area contributed by atoms with Crippen molar-refractivity contribution in [3.05, 3.63) is 71.0 Å². The number of aromatic nitrogens is 2. The molecule has 3 aromatic rings. The number of aromatic amines is 1. The summed E-state index contributed by atoms with van der Waals surface area (Å²) in [4.78, 5) is 13.5. The second kappa shape index (κ2) is 10.4. The fraction of sp³-hybridized carbons (Fsp3) is 0.304. The van der Waals surface area contributed by atoms with Crippen LogP contribution in [0.5, 0.6) is 5.75 Å². The maximum Gasteiger partial charge on any atom is 0.196 e. The van der Waals surface area contributed by atoms with Crippen LogP contribution in [0.1, 0.15) is 27.2 Å². The first-order chi connectivity index (χ1) is 15.3. The third kappa shape index (κ3) is 5.54. The molecule has 2 N–H and O–H groups in total. The zero-order chi connectivity index (χ0) is 23.1. The van der Waals surface area contributed by atoms with Crippen LogP contribution >= 0.6 is 0 Å². The van der Waals surface area contributed by atoms with Crippen LogP contribution in [0.15, 0.2) is 53.6 Å². The fourth-order valence-electron chi connectivity index (χ4n) is 3.37. The summed E-state index contributed by atoms with van der Waals surface area (Å²) in [6.07, 6.45) is 3.10. The van der Waals surface area contributed by atoms with Gasteiger partial charge in [0.05, 0.1) is 35.6 Å². The highest BCUT2D eigenvalue weighted by molar-refractivity contribution is 7.90. The minimum Gasteiger partial charge on any atom is -0.493 e. The molecule has 32 heavy (non-hydrogen) atoms. The van der Waals surface area contributed by atoms with E-state index in [1.807, 2.05) is 30.3 Å². The summed E-state index contributed by atoms with van der Waals surface area (Å²) >= 11 is 0. The van der Waals surface area contributed by atoms with Gasteiger partial charge in [0.25, 0.3) is 0 Å². The first kappa shape index (κ1) is 23.5. The minimum atomic E-state index is -3.49. The summed E-state index contributed by atoms with van der Waals surface area (Å²) in [5.41, 5.74) is 2.46. The molecule has 3 rings (SSSR count). The van der Waals surface area contributed by atoms with Crippen LogP contribution < -0.4 is 10.1 Å². The van der Waals surface area contributed by atoms with Crippen LogP contribution in [0.25, 0.3) is 0 Å². The quantitative estimate of drug-likeness (QED) is 0.336. The Morgan fingerprint density at radius 1 is 1.09 bits per heavy atom. The lowest BCUT2D eigenvalue weighted by Gasteiger charge is -2.16. The molecule has 0 saturated carbocycles. The standard InChI is InChI=1S/C23H27N3O5S/c1-16-18(9-10-21(32(3,28)29)22(16)24-12-14-30-2)23(27)19-15-25-26-20(19)11-13-31-17-7-5-4-6-8-17/h4-10,15,24H,11-14H2,1-3H3,(H,25,26). The van der Waals surface area contributed by atoms with Gasteiger partial charge in [-0.05, 0) is 36.8 Å². The maximum atomic E-state index is 13.3. The molecule has 1 aromatic heterocycles. The minimum absolute atomic E-state index is 0.145. The number of hydrogen-bond acceptors (Lipinski definition) is 7. The fourth-order valence-corrected chi connectivity index (χ4v) is 4.28. The number of methoxy groups -OCH3 is 1. The number of sulfone groups is 1. The van der Waals surface area contributed by atoms with Gasteiger partial charge >= 0.3 is 0 Å². The molecule has 2 aromatic carbocycles. The molecular formula is C23H27N3O5S. The van der Waals surface area contributed by atoms with E-state index in [0.29, 0.717) is 54.3 Å². The maximum absolute atomic E-state index is 13.3. The Hall–Kier alpha value is -3.17. The average molecular weight is 458 g/mol. The zero-order valence-corrected chi connectivity index (χ0v) is 19.2. The number of para-hydroxylation sites is 1. The molecule has 0 bridgehead atoms. The molecule has 0 unspecified atom stereocenters. The van der Waals surface area contributed by atoms with Gasteiger partial charge in [-0.15, -0.1) is 0 Å². The van der Waals surface area contributed by atoms with Gasteiger partial charge in [0, 0.05) is 37.6 Å². The Bertz CT molecular complexity index is 1170. The topological polar surface area (TPSA) is 110 Å².